The van der Waals surface area contributed by atoms with E-state index in [1.165, 1.54) is 24.3 Å². The van der Waals surface area contributed by atoms with E-state index in [-0.39, 0.29) is 11.3 Å². The molecule has 114 valence electrons. The SMILES string of the molecule is Nc1ccccc1C1=CC=CCC1(C(F)(F)F)C(F)(F)F. The number of benzene rings is 1. The zero-order valence-corrected chi connectivity index (χ0v) is 10.6. The Balaban J connectivity index is 2.74. The van der Waals surface area contributed by atoms with Crippen LogP contribution in [0.4, 0.5) is 32.0 Å². The molecule has 0 aliphatic heterocycles. The van der Waals surface area contributed by atoms with E-state index >= 15 is 0 Å². The van der Waals surface area contributed by atoms with Crippen LogP contribution in [0, 0.1) is 5.41 Å². The molecule has 0 radical (unpaired) electrons. The second-order valence-corrected chi connectivity index (χ2v) is 4.70. The van der Waals surface area contributed by atoms with Crippen LogP contribution in [0.25, 0.3) is 5.57 Å². The van der Waals surface area contributed by atoms with Crippen LogP contribution in [0.1, 0.15) is 12.0 Å². The molecule has 0 bridgehead atoms. The van der Waals surface area contributed by atoms with E-state index in [4.69, 9.17) is 5.73 Å². The number of rotatable bonds is 1. The summed E-state index contributed by atoms with van der Waals surface area (Å²) in [6, 6.07) is 5.22. The summed E-state index contributed by atoms with van der Waals surface area (Å²) in [5.74, 6) is 0. The van der Waals surface area contributed by atoms with E-state index < -0.39 is 29.8 Å². The zero-order valence-electron chi connectivity index (χ0n) is 10.6. The standard InChI is InChI=1S/C14H11F6N/c15-13(16,17)12(14(18,19)20)8-4-3-6-10(12)9-5-1-2-7-11(9)21/h1-7H,8,21H2. The summed E-state index contributed by atoms with van der Waals surface area (Å²) >= 11 is 0. The first-order chi connectivity index (χ1) is 9.61. The highest BCUT2D eigenvalue weighted by Crippen LogP contribution is 2.61. The molecule has 0 heterocycles. The Morgan fingerprint density at radius 3 is 2.05 bits per heavy atom. The Hall–Kier alpha value is -1.92. The molecule has 0 unspecified atom stereocenters. The van der Waals surface area contributed by atoms with E-state index in [0.717, 1.165) is 18.2 Å². The molecule has 2 N–H and O–H groups in total. The van der Waals surface area contributed by atoms with Crippen molar-refractivity contribution in [2.45, 2.75) is 18.8 Å². The molecule has 1 nitrogen and oxygen atoms in total. The topological polar surface area (TPSA) is 26.0 Å². The number of nitrogens with two attached hydrogens (primary N) is 1. The van der Waals surface area contributed by atoms with Gasteiger partial charge in [-0.2, -0.15) is 26.3 Å². The summed E-state index contributed by atoms with van der Waals surface area (Å²) in [7, 11) is 0. The lowest BCUT2D eigenvalue weighted by atomic mass is 9.70. The maximum Gasteiger partial charge on any atom is 0.407 e. The lowest BCUT2D eigenvalue weighted by Crippen LogP contribution is -2.51. The van der Waals surface area contributed by atoms with Crippen LogP contribution in [0.3, 0.4) is 0 Å². The molecule has 7 heteroatoms. The largest absolute Gasteiger partial charge is 0.407 e. The predicted molar refractivity (Wildman–Crippen MR) is 67.1 cm³/mol. The van der Waals surface area contributed by atoms with Crippen LogP contribution in [0.5, 0.6) is 0 Å². The fraction of sp³-hybridized carbons (Fsp3) is 0.286. The van der Waals surface area contributed by atoms with Gasteiger partial charge in [-0.25, -0.2) is 0 Å². The van der Waals surface area contributed by atoms with Gasteiger partial charge in [-0.3, -0.25) is 0 Å². The van der Waals surface area contributed by atoms with Gasteiger partial charge in [-0.1, -0.05) is 36.4 Å². The van der Waals surface area contributed by atoms with Crippen molar-refractivity contribution in [3.05, 3.63) is 48.1 Å². The minimum atomic E-state index is -5.48. The third kappa shape index (κ3) is 2.30. The van der Waals surface area contributed by atoms with Crippen molar-refractivity contribution in [2.75, 3.05) is 5.73 Å². The second-order valence-electron chi connectivity index (χ2n) is 4.70. The first-order valence-corrected chi connectivity index (χ1v) is 5.97. The molecule has 1 aromatic rings. The van der Waals surface area contributed by atoms with Crippen molar-refractivity contribution in [1.82, 2.24) is 0 Å². The number of anilines is 1. The predicted octanol–water partition coefficient (Wildman–Crippen LogP) is 4.72. The molecule has 2 rings (SSSR count). The minimum absolute atomic E-state index is 0.128. The monoisotopic (exact) mass is 307 g/mol. The minimum Gasteiger partial charge on any atom is -0.398 e. The van der Waals surface area contributed by atoms with Crippen molar-refractivity contribution in [3.63, 3.8) is 0 Å². The Morgan fingerprint density at radius 1 is 0.952 bits per heavy atom. The van der Waals surface area contributed by atoms with E-state index in [1.807, 2.05) is 0 Å². The molecule has 1 aromatic carbocycles. The maximum atomic E-state index is 13.3. The number of hydrogen-bond donors (Lipinski definition) is 1. The van der Waals surface area contributed by atoms with E-state index in [0.29, 0.717) is 0 Å². The number of halogens is 6. The zero-order chi connectivity index (χ0) is 15.9. The number of allylic oxidation sites excluding steroid dienone is 4. The summed E-state index contributed by atoms with van der Waals surface area (Å²) in [6.45, 7) is 0. The lowest BCUT2D eigenvalue weighted by Gasteiger charge is -2.40. The summed E-state index contributed by atoms with van der Waals surface area (Å²) in [5.41, 5.74) is 0.366. The molecule has 0 atom stereocenters. The summed E-state index contributed by atoms with van der Waals surface area (Å²) in [5, 5.41) is 0. The fourth-order valence-corrected chi connectivity index (χ4v) is 2.42. The average molecular weight is 307 g/mol. The highest BCUT2D eigenvalue weighted by molar-refractivity contribution is 5.81. The van der Waals surface area contributed by atoms with Crippen LogP contribution < -0.4 is 5.73 Å². The Bertz CT molecular complexity index is 580. The van der Waals surface area contributed by atoms with Crippen LogP contribution in [0.15, 0.2) is 42.5 Å². The summed E-state index contributed by atoms with van der Waals surface area (Å²) in [6.07, 6.45) is -9.29. The normalized spacial score (nSPS) is 18.5. The Morgan fingerprint density at radius 2 is 1.52 bits per heavy atom. The average Bonchev–Trinajstić information content (AvgIpc) is 2.36. The number of para-hydroxylation sites is 1. The molecule has 0 aromatic heterocycles. The molecule has 1 aliphatic carbocycles. The van der Waals surface area contributed by atoms with Crippen molar-refractivity contribution < 1.29 is 26.3 Å². The van der Waals surface area contributed by atoms with Crippen LogP contribution >= 0.6 is 0 Å². The maximum absolute atomic E-state index is 13.3. The number of alkyl halides is 6. The summed E-state index contributed by atoms with van der Waals surface area (Å²) in [4.78, 5) is 0. The smallest absolute Gasteiger partial charge is 0.398 e. The number of hydrogen-bond acceptors (Lipinski definition) is 1. The first-order valence-electron chi connectivity index (χ1n) is 5.97. The van der Waals surface area contributed by atoms with Crippen LogP contribution in [-0.4, -0.2) is 12.4 Å². The van der Waals surface area contributed by atoms with Crippen molar-refractivity contribution in [1.29, 1.82) is 0 Å². The van der Waals surface area contributed by atoms with E-state index in [1.54, 1.807) is 0 Å². The van der Waals surface area contributed by atoms with Gasteiger partial charge in [0, 0.05) is 11.3 Å². The Labute approximate surface area is 116 Å². The highest BCUT2D eigenvalue weighted by Gasteiger charge is 2.72. The van der Waals surface area contributed by atoms with Gasteiger partial charge in [-0.15, -0.1) is 0 Å². The van der Waals surface area contributed by atoms with Gasteiger partial charge in [0.2, 0.25) is 0 Å². The highest BCUT2D eigenvalue weighted by atomic mass is 19.4. The molecule has 0 spiro atoms. The first kappa shape index (κ1) is 15.5. The van der Waals surface area contributed by atoms with Gasteiger partial charge in [0.15, 0.2) is 5.41 Å². The van der Waals surface area contributed by atoms with Gasteiger partial charge >= 0.3 is 12.4 Å². The third-order valence-electron chi connectivity index (χ3n) is 3.50. The molecule has 0 amide bonds. The number of nitrogen functional groups attached to an aromatic ring is 1. The van der Waals surface area contributed by atoms with Crippen molar-refractivity contribution in [3.8, 4) is 0 Å². The molecular formula is C14H11F6N. The van der Waals surface area contributed by atoms with Crippen molar-refractivity contribution >= 4 is 11.3 Å². The molecule has 0 saturated carbocycles. The molecule has 21 heavy (non-hydrogen) atoms. The Kier molecular flexibility index (Phi) is 3.55. The van der Waals surface area contributed by atoms with E-state index in [2.05, 4.69) is 0 Å². The van der Waals surface area contributed by atoms with Gasteiger partial charge in [0.25, 0.3) is 0 Å². The van der Waals surface area contributed by atoms with Gasteiger partial charge in [0.1, 0.15) is 0 Å². The third-order valence-corrected chi connectivity index (χ3v) is 3.50. The van der Waals surface area contributed by atoms with Crippen molar-refractivity contribution in [2.24, 2.45) is 5.41 Å². The van der Waals surface area contributed by atoms with Gasteiger partial charge in [0.05, 0.1) is 0 Å². The molecule has 1 aliphatic rings. The quantitative estimate of drug-likeness (QED) is 0.589. The van der Waals surface area contributed by atoms with E-state index in [9.17, 15) is 26.3 Å². The van der Waals surface area contributed by atoms with Gasteiger partial charge < -0.3 is 5.73 Å². The second kappa shape index (κ2) is 4.82. The lowest BCUT2D eigenvalue weighted by molar-refractivity contribution is -0.315. The fourth-order valence-electron chi connectivity index (χ4n) is 2.42. The molecule has 0 fully saturated rings. The van der Waals surface area contributed by atoms with Gasteiger partial charge in [-0.05, 0) is 18.1 Å². The molecule has 0 saturated heterocycles. The summed E-state index contributed by atoms with van der Waals surface area (Å²) < 4.78 is 79.9. The van der Waals surface area contributed by atoms with Crippen LogP contribution in [-0.2, 0) is 0 Å². The molecular weight excluding hydrogens is 296 g/mol. The van der Waals surface area contributed by atoms with Crippen LogP contribution in [0.2, 0.25) is 0 Å².